The summed E-state index contributed by atoms with van der Waals surface area (Å²) in [6, 6.07) is 13.3. The number of benzene rings is 2. The molecule has 1 N–H and O–H groups in total. The van der Waals surface area contributed by atoms with E-state index >= 15 is 0 Å². The van der Waals surface area contributed by atoms with Crippen molar-refractivity contribution in [2.45, 2.75) is 19.9 Å². The molecule has 0 saturated heterocycles. The number of nitrogens with one attached hydrogen (secondary N) is 1. The van der Waals surface area contributed by atoms with Gasteiger partial charge in [-0.15, -0.1) is 0 Å². The second-order valence-corrected chi connectivity index (χ2v) is 5.54. The lowest BCUT2D eigenvalue weighted by molar-refractivity contribution is 0.624. The zero-order valence-corrected chi connectivity index (χ0v) is 12.5. The van der Waals surface area contributed by atoms with Crippen LogP contribution in [0.5, 0.6) is 0 Å². The highest BCUT2D eigenvalue weighted by atomic mass is 79.9. The van der Waals surface area contributed by atoms with Gasteiger partial charge in [0.05, 0.1) is 0 Å². The predicted molar refractivity (Wildman–Crippen MR) is 80.7 cm³/mol. The molecule has 2 aromatic rings. The first-order valence-corrected chi connectivity index (χ1v) is 7.14. The molecule has 0 saturated carbocycles. The highest BCUT2D eigenvalue weighted by Gasteiger charge is 2.00. The Balaban J connectivity index is 1.79. The van der Waals surface area contributed by atoms with Gasteiger partial charge in [0.2, 0.25) is 0 Å². The van der Waals surface area contributed by atoms with Crippen molar-refractivity contribution < 1.29 is 4.39 Å². The third kappa shape index (κ3) is 4.44. The molecule has 0 atom stereocenters. The topological polar surface area (TPSA) is 12.0 Å². The molecule has 2 rings (SSSR count). The van der Waals surface area contributed by atoms with E-state index in [9.17, 15) is 4.39 Å². The Hall–Kier alpha value is -1.19. The van der Waals surface area contributed by atoms with Crippen molar-refractivity contribution in [3.8, 4) is 0 Å². The van der Waals surface area contributed by atoms with Crippen LogP contribution in [-0.2, 0) is 13.0 Å². The summed E-state index contributed by atoms with van der Waals surface area (Å²) in [6.45, 7) is 3.70. The molecule has 0 heterocycles. The normalized spacial score (nSPS) is 10.7. The molecule has 0 aliphatic rings. The van der Waals surface area contributed by atoms with Gasteiger partial charge in [-0.25, -0.2) is 4.39 Å². The lowest BCUT2D eigenvalue weighted by atomic mass is 10.1. The van der Waals surface area contributed by atoms with Gasteiger partial charge in [-0.1, -0.05) is 34.1 Å². The van der Waals surface area contributed by atoms with E-state index in [4.69, 9.17) is 0 Å². The van der Waals surface area contributed by atoms with E-state index < -0.39 is 0 Å². The van der Waals surface area contributed by atoms with Crippen LogP contribution in [0.2, 0.25) is 0 Å². The van der Waals surface area contributed by atoms with Crippen LogP contribution in [0.4, 0.5) is 4.39 Å². The molecule has 0 aliphatic carbocycles. The number of hydrogen-bond acceptors (Lipinski definition) is 1. The highest BCUT2D eigenvalue weighted by molar-refractivity contribution is 9.10. The van der Waals surface area contributed by atoms with Crippen LogP contribution in [0.25, 0.3) is 0 Å². The van der Waals surface area contributed by atoms with E-state index in [-0.39, 0.29) is 5.82 Å². The van der Waals surface area contributed by atoms with Gasteiger partial charge in [0.1, 0.15) is 5.82 Å². The third-order valence-corrected chi connectivity index (χ3v) is 3.65. The maximum Gasteiger partial charge on any atom is 0.123 e. The maximum atomic E-state index is 13.0. The van der Waals surface area contributed by atoms with Crippen molar-refractivity contribution in [3.63, 3.8) is 0 Å². The molecule has 0 unspecified atom stereocenters. The van der Waals surface area contributed by atoms with Crippen molar-refractivity contribution >= 4 is 15.9 Å². The van der Waals surface area contributed by atoms with Crippen molar-refractivity contribution in [1.82, 2.24) is 5.32 Å². The van der Waals surface area contributed by atoms with Gasteiger partial charge < -0.3 is 5.32 Å². The molecular weight excluding hydrogens is 305 g/mol. The number of halogens is 2. The Labute approximate surface area is 122 Å². The third-order valence-electron chi connectivity index (χ3n) is 3.12. The summed E-state index contributed by atoms with van der Waals surface area (Å²) in [5, 5.41) is 3.40. The summed E-state index contributed by atoms with van der Waals surface area (Å²) in [7, 11) is 0. The Morgan fingerprint density at radius 3 is 2.53 bits per heavy atom. The molecule has 2 aromatic carbocycles. The van der Waals surface area contributed by atoms with E-state index in [1.54, 1.807) is 6.07 Å². The molecule has 0 bridgehead atoms. The minimum Gasteiger partial charge on any atom is -0.312 e. The van der Waals surface area contributed by atoms with Crippen molar-refractivity contribution in [2.75, 3.05) is 6.54 Å². The van der Waals surface area contributed by atoms with Gasteiger partial charge in [-0.05, 0) is 60.8 Å². The summed E-state index contributed by atoms with van der Waals surface area (Å²) in [4.78, 5) is 0. The Bertz CT molecular complexity index is 537. The SMILES string of the molecule is Cc1cc(F)ccc1CCNCc1ccc(Br)cc1. The monoisotopic (exact) mass is 321 g/mol. The molecule has 0 fully saturated rings. The second-order valence-electron chi connectivity index (χ2n) is 4.62. The molecule has 3 heteroatoms. The van der Waals surface area contributed by atoms with E-state index in [1.165, 1.54) is 17.2 Å². The van der Waals surface area contributed by atoms with Crippen LogP contribution >= 0.6 is 15.9 Å². The van der Waals surface area contributed by atoms with Gasteiger partial charge in [-0.2, -0.15) is 0 Å². The quantitative estimate of drug-likeness (QED) is 0.813. The van der Waals surface area contributed by atoms with Crippen LogP contribution < -0.4 is 5.32 Å². The first-order chi connectivity index (χ1) is 9.15. The van der Waals surface area contributed by atoms with Crippen molar-refractivity contribution in [1.29, 1.82) is 0 Å². The predicted octanol–water partition coefficient (Wildman–Crippen LogP) is 4.23. The molecule has 19 heavy (non-hydrogen) atoms. The van der Waals surface area contributed by atoms with Crippen molar-refractivity contribution in [2.24, 2.45) is 0 Å². The smallest absolute Gasteiger partial charge is 0.123 e. The number of aryl methyl sites for hydroxylation is 1. The fourth-order valence-electron chi connectivity index (χ4n) is 2.00. The average Bonchev–Trinajstić information content (AvgIpc) is 2.39. The second kappa shape index (κ2) is 6.83. The van der Waals surface area contributed by atoms with Gasteiger partial charge in [0, 0.05) is 11.0 Å². The highest BCUT2D eigenvalue weighted by Crippen LogP contribution is 2.11. The molecular formula is C16H17BrFN. The van der Waals surface area contributed by atoms with Crippen molar-refractivity contribution in [3.05, 3.63) is 69.4 Å². The van der Waals surface area contributed by atoms with Crippen LogP contribution in [0.15, 0.2) is 46.9 Å². The molecule has 0 spiro atoms. The lowest BCUT2D eigenvalue weighted by Crippen LogP contribution is -2.17. The zero-order valence-electron chi connectivity index (χ0n) is 10.9. The molecule has 1 nitrogen and oxygen atoms in total. The minimum atomic E-state index is -0.163. The van der Waals surface area contributed by atoms with Gasteiger partial charge in [0.15, 0.2) is 0 Å². The number of hydrogen-bond donors (Lipinski definition) is 1. The summed E-state index contributed by atoms with van der Waals surface area (Å²) in [5.74, 6) is -0.163. The zero-order chi connectivity index (χ0) is 13.7. The van der Waals surface area contributed by atoms with Gasteiger partial charge in [-0.3, -0.25) is 0 Å². The van der Waals surface area contributed by atoms with E-state index in [0.717, 1.165) is 29.5 Å². The van der Waals surface area contributed by atoms with Crippen LogP contribution in [0.3, 0.4) is 0 Å². The van der Waals surface area contributed by atoms with Crippen LogP contribution in [0.1, 0.15) is 16.7 Å². The summed E-state index contributed by atoms with van der Waals surface area (Å²) in [6.07, 6.45) is 0.919. The summed E-state index contributed by atoms with van der Waals surface area (Å²) >= 11 is 3.42. The lowest BCUT2D eigenvalue weighted by Gasteiger charge is -2.08. The molecule has 100 valence electrons. The summed E-state index contributed by atoms with van der Waals surface area (Å²) < 4.78 is 14.1. The fourth-order valence-corrected chi connectivity index (χ4v) is 2.26. The van der Waals surface area contributed by atoms with Crippen LogP contribution in [-0.4, -0.2) is 6.54 Å². The largest absolute Gasteiger partial charge is 0.312 e. The Morgan fingerprint density at radius 2 is 1.84 bits per heavy atom. The standard InChI is InChI=1S/C16H17BrFN/c1-12-10-16(18)7-4-14(12)8-9-19-11-13-2-5-15(17)6-3-13/h2-7,10,19H,8-9,11H2,1H3. The molecule has 0 amide bonds. The minimum absolute atomic E-state index is 0.163. The van der Waals surface area contributed by atoms with Gasteiger partial charge in [0.25, 0.3) is 0 Å². The molecule has 0 radical (unpaired) electrons. The van der Waals surface area contributed by atoms with Crippen LogP contribution in [0, 0.1) is 12.7 Å². The first kappa shape index (κ1) is 14.2. The van der Waals surface area contributed by atoms with Gasteiger partial charge >= 0.3 is 0 Å². The summed E-state index contributed by atoms with van der Waals surface area (Å²) in [5.41, 5.74) is 3.48. The molecule has 0 aliphatic heterocycles. The first-order valence-electron chi connectivity index (χ1n) is 6.35. The molecule has 0 aromatic heterocycles. The fraction of sp³-hybridized carbons (Fsp3) is 0.250. The maximum absolute atomic E-state index is 13.0. The van der Waals surface area contributed by atoms with E-state index in [2.05, 4.69) is 33.4 Å². The average molecular weight is 322 g/mol. The Kier molecular flexibility index (Phi) is 5.11. The van der Waals surface area contributed by atoms with E-state index in [1.807, 2.05) is 25.1 Å². The van der Waals surface area contributed by atoms with E-state index in [0.29, 0.717) is 0 Å². The Morgan fingerprint density at radius 1 is 1.11 bits per heavy atom. The number of rotatable bonds is 5.